The predicted molar refractivity (Wildman–Crippen MR) is 82.8 cm³/mol. The highest BCUT2D eigenvalue weighted by molar-refractivity contribution is 5.86. The van der Waals surface area contributed by atoms with Crippen molar-refractivity contribution in [1.82, 2.24) is 10.2 Å². The van der Waals surface area contributed by atoms with Crippen LogP contribution in [0.1, 0.15) is 52.4 Å². The number of hydrogen-bond donors (Lipinski definition) is 2. The van der Waals surface area contributed by atoms with Gasteiger partial charge in [-0.05, 0) is 33.1 Å². The lowest BCUT2D eigenvalue weighted by atomic mass is 9.98. The first-order valence-corrected chi connectivity index (χ1v) is 7.38. The highest BCUT2D eigenvalue weighted by atomic mass is 35.5. The molecule has 0 spiro atoms. The number of amides is 2. The summed E-state index contributed by atoms with van der Waals surface area (Å²) in [6, 6.07) is 0. The van der Waals surface area contributed by atoms with Crippen LogP contribution in [0.15, 0.2) is 0 Å². The molecule has 0 radical (unpaired) electrons. The molecule has 1 aliphatic carbocycles. The number of hydrogen-bond acceptors (Lipinski definition) is 3. The Morgan fingerprint density at radius 2 is 1.75 bits per heavy atom. The van der Waals surface area contributed by atoms with Gasteiger partial charge >= 0.3 is 0 Å². The molecular formula is C14H28ClN3O2. The molecule has 1 aliphatic rings. The molecule has 1 saturated carbocycles. The molecule has 5 nitrogen and oxygen atoms in total. The summed E-state index contributed by atoms with van der Waals surface area (Å²) in [4.78, 5) is 25.5. The second kappa shape index (κ2) is 9.19. The van der Waals surface area contributed by atoms with E-state index in [9.17, 15) is 9.59 Å². The Hall–Kier alpha value is -0.810. The molecule has 0 aromatic heterocycles. The fraction of sp³-hybridized carbons (Fsp3) is 0.857. The SMILES string of the molecule is CCN(CC)C(=O)CCCNC(=O)C1(N)CCCC1.Cl. The fourth-order valence-electron chi connectivity index (χ4n) is 2.58. The van der Waals surface area contributed by atoms with Gasteiger partial charge in [-0.15, -0.1) is 12.4 Å². The molecule has 118 valence electrons. The smallest absolute Gasteiger partial charge is 0.240 e. The summed E-state index contributed by atoms with van der Waals surface area (Å²) < 4.78 is 0. The van der Waals surface area contributed by atoms with Crippen molar-refractivity contribution in [3.8, 4) is 0 Å². The van der Waals surface area contributed by atoms with Crippen LogP contribution in [0.2, 0.25) is 0 Å². The Kier molecular flexibility index (Phi) is 8.81. The van der Waals surface area contributed by atoms with Gasteiger partial charge in [0.15, 0.2) is 0 Å². The van der Waals surface area contributed by atoms with Gasteiger partial charge in [0, 0.05) is 26.1 Å². The second-order valence-electron chi connectivity index (χ2n) is 5.29. The number of rotatable bonds is 7. The first-order chi connectivity index (χ1) is 9.03. The minimum atomic E-state index is -0.664. The normalized spacial score (nSPS) is 16.4. The van der Waals surface area contributed by atoms with Crippen LogP contribution < -0.4 is 11.1 Å². The first-order valence-electron chi connectivity index (χ1n) is 7.38. The molecule has 0 heterocycles. The topological polar surface area (TPSA) is 75.4 Å². The number of halogens is 1. The zero-order chi connectivity index (χ0) is 14.3. The van der Waals surface area contributed by atoms with Gasteiger partial charge in [0.2, 0.25) is 11.8 Å². The Morgan fingerprint density at radius 1 is 1.20 bits per heavy atom. The van der Waals surface area contributed by atoms with Gasteiger partial charge in [-0.2, -0.15) is 0 Å². The van der Waals surface area contributed by atoms with E-state index < -0.39 is 5.54 Å². The molecule has 2 amide bonds. The third-order valence-corrected chi connectivity index (χ3v) is 3.92. The van der Waals surface area contributed by atoms with Gasteiger partial charge in [0.05, 0.1) is 5.54 Å². The summed E-state index contributed by atoms with van der Waals surface area (Å²) in [5.74, 6) is 0.0999. The fourth-order valence-corrected chi connectivity index (χ4v) is 2.58. The van der Waals surface area contributed by atoms with E-state index in [1.165, 1.54) is 0 Å². The van der Waals surface area contributed by atoms with Crippen molar-refractivity contribution >= 4 is 24.2 Å². The highest BCUT2D eigenvalue weighted by Crippen LogP contribution is 2.27. The summed E-state index contributed by atoms with van der Waals surface area (Å²) in [5, 5.41) is 2.86. The van der Waals surface area contributed by atoms with Crippen molar-refractivity contribution in [3.05, 3.63) is 0 Å². The van der Waals surface area contributed by atoms with E-state index in [0.29, 0.717) is 19.4 Å². The van der Waals surface area contributed by atoms with Crippen molar-refractivity contribution in [2.45, 2.75) is 57.9 Å². The molecule has 0 aromatic rings. The molecule has 0 saturated heterocycles. The maximum absolute atomic E-state index is 11.9. The molecule has 6 heteroatoms. The maximum atomic E-state index is 11.9. The average Bonchev–Trinajstić information content (AvgIpc) is 2.84. The number of carbonyl (C=O) groups is 2. The first kappa shape index (κ1) is 19.2. The molecule has 1 fully saturated rings. The Labute approximate surface area is 128 Å². The molecular weight excluding hydrogens is 278 g/mol. The van der Waals surface area contributed by atoms with Crippen LogP contribution in [-0.2, 0) is 9.59 Å². The van der Waals surface area contributed by atoms with Crippen molar-refractivity contribution in [2.75, 3.05) is 19.6 Å². The summed E-state index contributed by atoms with van der Waals surface area (Å²) in [7, 11) is 0. The van der Waals surface area contributed by atoms with E-state index >= 15 is 0 Å². The highest BCUT2D eigenvalue weighted by Gasteiger charge is 2.36. The van der Waals surface area contributed by atoms with Gasteiger partial charge in [0.25, 0.3) is 0 Å². The van der Waals surface area contributed by atoms with E-state index in [1.54, 1.807) is 0 Å². The number of nitrogens with zero attached hydrogens (tertiary/aromatic N) is 1. The lowest BCUT2D eigenvalue weighted by Crippen LogP contribution is -2.52. The van der Waals surface area contributed by atoms with E-state index in [4.69, 9.17) is 5.73 Å². The summed E-state index contributed by atoms with van der Waals surface area (Å²) >= 11 is 0. The van der Waals surface area contributed by atoms with Crippen LogP contribution in [-0.4, -0.2) is 41.9 Å². The minimum absolute atomic E-state index is 0. The molecule has 20 heavy (non-hydrogen) atoms. The summed E-state index contributed by atoms with van der Waals surface area (Å²) in [6.07, 6.45) is 4.78. The monoisotopic (exact) mass is 305 g/mol. The van der Waals surface area contributed by atoms with Gasteiger partial charge < -0.3 is 16.0 Å². The zero-order valence-electron chi connectivity index (χ0n) is 12.6. The van der Waals surface area contributed by atoms with Crippen molar-refractivity contribution in [1.29, 1.82) is 0 Å². The van der Waals surface area contributed by atoms with E-state index in [1.807, 2.05) is 18.7 Å². The van der Waals surface area contributed by atoms with E-state index in [0.717, 1.165) is 38.8 Å². The van der Waals surface area contributed by atoms with Crippen LogP contribution in [0.4, 0.5) is 0 Å². The number of carbonyl (C=O) groups excluding carboxylic acids is 2. The van der Waals surface area contributed by atoms with Crippen LogP contribution in [0, 0.1) is 0 Å². The van der Waals surface area contributed by atoms with Gasteiger partial charge in [0.1, 0.15) is 0 Å². The predicted octanol–water partition coefficient (Wildman–Crippen LogP) is 1.44. The van der Waals surface area contributed by atoms with Crippen LogP contribution in [0.5, 0.6) is 0 Å². The van der Waals surface area contributed by atoms with Gasteiger partial charge in [-0.3, -0.25) is 9.59 Å². The van der Waals surface area contributed by atoms with E-state index in [-0.39, 0.29) is 24.2 Å². The average molecular weight is 306 g/mol. The quantitative estimate of drug-likeness (QED) is 0.699. The van der Waals surface area contributed by atoms with Crippen molar-refractivity contribution < 1.29 is 9.59 Å². The second-order valence-corrected chi connectivity index (χ2v) is 5.29. The molecule has 0 aliphatic heterocycles. The molecule has 0 aromatic carbocycles. The molecule has 0 unspecified atom stereocenters. The number of nitrogens with two attached hydrogens (primary N) is 1. The van der Waals surface area contributed by atoms with Gasteiger partial charge in [-0.25, -0.2) is 0 Å². The third kappa shape index (κ3) is 5.29. The van der Waals surface area contributed by atoms with Crippen LogP contribution >= 0.6 is 12.4 Å². The zero-order valence-corrected chi connectivity index (χ0v) is 13.4. The lowest BCUT2D eigenvalue weighted by molar-refractivity contribution is -0.131. The largest absolute Gasteiger partial charge is 0.354 e. The maximum Gasteiger partial charge on any atom is 0.240 e. The minimum Gasteiger partial charge on any atom is -0.354 e. The lowest BCUT2D eigenvalue weighted by Gasteiger charge is -2.22. The van der Waals surface area contributed by atoms with Crippen LogP contribution in [0.25, 0.3) is 0 Å². The molecule has 3 N–H and O–H groups in total. The third-order valence-electron chi connectivity index (χ3n) is 3.92. The molecule has 0 atom stereocenters. The van der Waals surface area contributed by atoms with Gasteiger partial charge in [-0.1, -0.05) is 12.8 Å². The van der Waals surface area contributed by atoms with Crippen molar-refractivity contribution in [2.24, 2.45) is 5.73 Å². The molecule has 1 rings (SSSR count). The molecule has 0 bridgehead atoms. The van der Waals surface area contributed by atoms with E-state index in [2.05, 4.69) is 5.32 Å². The Morgan fingerprint density at radius 3 is 2.25 bits per heavy atom. The van der Waals surface area contributed by atoms with Crippen molar-refractivity contribution in [3.63, 3.8) is 0 Å². The van der Waals surface area contributed by atoms with Crippen LogP contribution in [0.3, 0.4) is 0 Å². The Bertz CT molecular complexity index is 314. The number of nitrogens with one attached hydrogen (secondary N) is 1. The standard InChI is InChI=1S/C14H27N3O2.ClH/c1-3-17(4-2)12(18)8-7-11-16-13(19)14(15)9-5-6-10-14;/h3-11,15H2,1-2H3,(H,16,19);1H. The summed E-state index contributed by atoms with van der Waals surface area (Å²) in [5.41, 5.74) is 5.38. The Balaban J connectivity index is 0.00000361. The summed E-state index contributed by atoms with van der Waals surface area (Å²) in [6.45, 7) is 5.97.